The molecule has 16 heteroatoms. The smallest absolute Gasteiger partial charge is 0.258 e. The molecule has 4 amide bonds. The molecule has 0 spiro atoms. The molecule has 1 saturated carbocycles. The van der Waals surface area contributed by atoms with Crippen LogP contribution in [0.15, 0.2) is 54.1 Å². The Kier molecular flexibility index (Phi) is 7.25. The fourth-order valence-electron chi connectivity index (χ4n) is 7.52. The van der Waals surface area contributed by atoms with Gasteiger partial charge in [0.25, 0.3) is 11.8 Å². The number of benzene rings is 3. The zero-order chi connectivity index (χ0) is 34.8. The number of nitrogens with zero attached hydrogens (tertiary/aromatic N) is 2. The normalized spacial score (nSPS) is 29.6. The molecule has 2 aliphatic carbocycles. The number of phenols is 1. The van der Waals surface area contributed by atoms with Crippen LogP contribution in [0.5, 0.6) is 5.75 Å². The molecular weight excluding hydrogens is 713 g/mol. The van der Waals surface area contributed by atoms with Crippen LogP contribution in [0.2, 0.25) is 5.02 Å². The van der Waals surface area contributed by atoms with Gasteiger partial charge in [0.15, 0.2) is 44.6 Å². The van der Waals surface area contributed by atoms with Gasteiger partial charge in [-0.3, -0.25) is 24.1 Å². The Balaban J connectivity index is 1.44. The third-order valence-corrected chi connectivity index (χ3v) is 11.3. The van der Waals surface area contributed by atoms with Crippen LogP contribution in [0.1, 0.15) is 24.3 Å². The van der Waals surface area contributed by atoms with Crippen molar-refractivity contribution < 1.29 is 50.6 Å². The number of carbonyl (C=O) groups excluding carboxylic acids is 4. The van der Waals surface area contributed by atoms with Crippen LogP contribution in [-0.2, 0) is 19.2 Å². The third kappa shape index (κ3) is 3.98. The second-order valence-corrected chi connectivity index (χ2v) is 13.5. The molecule has 6 atom stereocenters. The third-order valence-electron chi connectivity index (χ3n) is 9.64. The number of imide groups is 2. The van der Waals surface area contributed by atoms with Crippen molar-refractivity contribution in [1.82, 2.24) is 0 Å². The number of anilines is 2. The van der Waals surface area contributed by atoms with Gasteiger partial charge in [-0.25, -0.2) is 31.2 Å². The van der Waals surface area contributed by atoms with Gasteiger partial charge in [0, 0.05) is 16.5 Å². The van der Waals surface area contributed by atoms with Crippen molar-refractivity contribution in [2.45, 2.75) is 28.5 Å². The Hall–Kier alpha value is -4.07. The minimum atomic E-state index is -2.90. The predicted octanol–water partition coefficient (Wildman–Crippen LogP) is 6.65. The molecule has 48 heavy (non-hydrogen) atoms. The Morgan fingerprint density at radius 3 is 1.98 bits per heavy atom. The second-order valence-electron chi connectivity index (χ2n) is 11.9. The summed E-state index contributed by atoms with van der Waals surface area (Å²) in [6.45, 7) is 0. The van der Waals surface area contributed by atoms with Gasteiger partial charge >= 0.3 is 0 Å². The van der Waals surface area contributed by atoms with Gasteiger partial charge in [-0.05, 0) is 49.1 Å². The van der Waals surface area contributed by atoms with E-state index in [2.05, 4.69) is 0 Å². The minimum Gasteiger partial charge on any atom is -0.505 e. The number of alkyl halides is 2. The maximum atomic E-state index is 15.1. The van der Waals surface area contributed by atoms with Gasteiger partial charge in [-0.2, -0.15) is 0 Å². The molecule has 1 N–H and O–H groups in total. The molecule has 0 bridgehead atoms. The van der Waals surface area contributed by atoms with Crippen LogP contribution in [0.4, 0.5) is 37.7 Å². The summed E-state index contributed by atoms with van der Waals surface area (Å²) in [5.41, 5.74) is -2.16. The summed E-state index contributed by atoms with van der Waals surface area (Å²) in [5, 5.41) is 11.2. The van der Waals surface area contributed by atoms with Crippen LogP contribution >= 0.6 is 34.8 Å². The van der Waals surface area contributed by atoms with Gasteiger partial charge in [0.05, 0.1) is 17.5 Å². The molecule has 2 saturated heterocycles. The van der Waals surface area contributed by atoms with Crippen LogP contribution in [0.3, 0.4) is 0 Å². The maximum Gasteiger partial charge on any atom is 0.258 e. The first-order valence-electron chi connectivity index (χ1n) is 14.2. The average Bonchev–Trinajstić information content (AvgIpc) is 3.39. The van der Waals surface area contributed by atoms with E-state index in [1.165, 1.54) is 30.3 Å². The number of halogens is 9. The van der Waals surface area contributed by atoms with Crippen LogP contribution in [-0.4, -0.2) is 38.5 Å². The Morgan fingerprint density at radius 2 is 1.35 bits per heavy atom. The largest absolute Gasteiger partial charge is 0.505 e. The highest BCUT2D eigenvalue weighted by Gasteiger charge is 2.77. The van der Waals surface area contributed by atoms with Gasteiger partial charge in [0.2, 0.25) is 17.6 Å². The van der Waals surface area contributed by atoms with Crippen molar-refractivity contribution in [3.63, 3.8) is 0 Å². The Labute approximate surface area is 281 Å². The molecule has 3 aromatic carbocycles. The summed E-state index contributed by atoms with van der Waals surface area (Å²) >= 11 is 19.9. The van der Waals surface area contributed by atoms with E-state index in [1.54, 1.807) is 0 Å². The van der Waals surface area contributed by atoms with Crippen molar-refractivity contribution >= 4 is 69.8 Å². The van der Waals surface area contributed by atoms with E-state index in [4.69, 9.17) is 34.8 Å². The van der Waals surface area contributed by atoms with Crippen LogP contribution in [0.25, 0.3) is 0 Å². The molecular formula is C32H17Cl3F6N2O5. The number of phenolic OH excluding ortho intramolecular Hbond substituents is 1. The lowest BCUT2D eigenvalue weighted by Crippen LogP contribution is -2.60. The lowest BCUT2D eigenvalue weighted by atomic mass is 9.56. The Bertz CT molecular complexity index is 2020. The van der Waals surface area contributed by atoms with E-state index in [0.717, 1.165) is 23.1 Å². The molecule has 3 fully saturated rings. The fourth-order valence-corrected chi connectivity index (χ4v) is 8.57. The van der Waals surface area contributed by atoms with Crippen molar-refractivity contribution in [1.29, 1.82) is 0 Å². The number of hydrogen-bond donors (Lipinski definition) is 1. The topological polar surface area (TPSA) is 95.0 Å². The molecule has 0 unspecified atom stereocenters. The zero-order valence-corrected chi connectivity index (χ0v) is 26.0. The molecule has 3 aromatic rings. The number of amides is 4. The Morgan fingerprint density at radius 1 is 0.750 bits per heavy atom. The molecule has 0 aromatic heterocycles. The summed E-state index contributed by atoms with van der Waals surface area (Å²) in [6.07, 6.45) is 0.544. The first-order chi connectivity index (χ1) is 22.6. The van der Waals surface area contributed by atoms with E-state index < -0.39 is 115 Å². The van der Waals surface area contributed by atoms with Crippen molar-refractivity contribution in [3.05, 3.63) is 99.6 Å². The second kappa shape index (κ2) is 10.7. The maximum absolute atomic E-state index is 15.1. The van der Waals surface area contributed by atoms with Crippen molar-refractivity contribution in [3.8, 4) is 5.75 Å². The number of para-hydroxylation sites is 1. The molecule has 2 heterocycles. The van der Waals surface area contributed by atoms with Gasteiger partial charge in [-0.1, -0.05) is 35.4 Å². The quantitative estimate of drug-likeness (QED) is 0.0815. The van der Waals surface area contributed by atoms with E-state index in [-0.39, 0.29) is 22.6 Å². The molecule has 248 valence electrons. The number of carbonyl (C=O) groups is 4. The van der Waals surface area contributed by atoms with Crippen molar-refractivity contribution in [2.24, 2.45) is 17.8 Å². The zero-order valence-electron chi connectivity index (χ0n) is 23.7. The summed E-state index contributed by atoms with van der Waals surface area (Å²) in [6, 6.07) is 8.83. The van der Waals surface area contributed by atoms with Gasteiger partial charge < -0.3 is 5.11 Å². The lowest BCUT2D eigenvalue weighted by Gasteiger charge is -2.50. The summed E-state index contributed by atoms with van der Waals surface area (Å²) < 4.78 is 87.7. The molecule has 0 radical (unpaired) electrons. The number of rotatable bonds is 3. The molecule has 2 aliphatic heterocycles. The first-order valence-corrected chi connectivity index (χ1v) is 15.3. The molecule has 7 rings (SSSR count). The van der Waals surface area contributed by atoms with E-state index in [0.29, 0.717) is 5.02 Å². The fraction of sp³-hybridized carbons (Fsp3) is 0.250. The monoisotopic (exact) mass is 728 g/mol. The number of fused-ring (bicyclic) bond motifs is 4. The van der Waals surface area contributed by atoms with E-state index >= 15 is 8.78 Å². The summed E-state index contributed by atoms with van der Waals surface area (Å²) in [4.78, 5) is 50.9. The number of allylic oxidation sites excluding steroid dienone is 2. The highest BCUT2D eigenvalue weighted by molar-refractivity contribution is 6.58. The summed E-state index contributed by atoms with van der Waals surface area (Å²) in [7, 11) is 0. The molecule has 7 nitrogen and oxygen atoms in total. The average molecular weight is 730 g/mol. The molecule has 4 aliphatic rings. The van der Waals surface area contributed by atoms with Gasteiger partial charge in [-0.15, -0.1) is 23.2 Å². The standard InChI is InChI=1S/C32H17Cl3F6N2O5/c33-11-4-6-12(7-5-11)42-27(45)14-9-8-13-16(18(14)28(42)46)10-31(34)29(47)43(25-23(40)21(38)20(37)22(39)24(25)41)30(48)32(31,35)19(13)15-2-1-3-17(36)26(15)44/h1-8,14,16,18-19,44H,9-10H2/t14-,16+,18-,19+,31+,32-/m0/s1. The lowest BCUT2D eigenvalue weighted by molar-refractivity contribution is -0.125. The number of hydrogen-bond acceptors (Lipinski definition) is 5. The first kappa shape index (κ1) is 32.5. The highest BCUT2D eigenvalue weighted by Crippen LogP contribution is 2.66. The summed E-state index contributed by atoms with van der Waals surface area (Å²) in [5.74, 6) is -25.0. The van der Waals surface area contributed by atoms with E-state index in [1.807, 2.05) is 0 Å². The van der Waals surface area contributed by atoms with Crippen LogP contribution in [0, 0.1) is 52.7 Å². The predicted molar refractivity (Wildman–Crippen MR) is 158 cm³/mol. The highest BCUT2D eigenvalue weighted by atomic mass is 35.5. The minimum absolute atomic E-state index is 0.0583. The van der Waals surface area contributed by atoms with Gasteiger partial charge in [0.1, 0.15) is 5.69 Å². The van der Waals surface area contributed by atoms with Crippen LogP contribution < -0.4 is 9.80 Å². The SMILES string of the molecule is O=C1[C@H]2[C@H](CC=C3[C@H]2C[C@@]2(Cl)C(=O)N(c4c(F)c(F)c(F)c(F)c4F)C(=O)[C@@]2(Cl)[C@H]3c2cccc(F)c2O)C(=O)N1c1ccc(Cl)cc1. The van der Waals surface area contributed by atoms with E-state index in [9.17, 15) is 41.8 Å². The van der Waals surface area contributed by atoms with Crippen molar-refractivity contribution in [2.75, 3.05) is 9.80 Å². The number of aromatic hydroxyl groups is 1.